The van der Waals surface area contributed by atoms with E-state index in [0.29, 0.717) is 8.95 Å². The number of benzene rings is 3. The second kappa shape index (κ2) is 7.32. The molecule has 3 aromatic rings. The van der Waals surface area contributed by atoms with Crippen LogP contribution in [0.2, 0.25) is 0 Å². The lowest BCUT2D eigenvalue weighted by Crippen LogP contribution is -2.10. The van der Waals surface area contributed by atoms with E-state index in [9.17, 15) is 8.42 Å². The van der Waals surface area contributed by atoms with Gasteiger partial charge >= 0.3 is 10.1 Å². The Morgan fingerprint density at radius 1 is 0.800 bits per heavy atom. The highest BCUT2D eigenvalue weighted by atomic mass is 79.9. The zero-order chi connectivity index (χ0) is 18.0. The van der Waals surface area contributed by atoms with Gasteiger partial charge in [-0.1, -0.05) is 48.0 Å². The highest BCUT2D eigenvalue weighted by Crippen LogP contribution is 2.39. The van der Waals surface area contributed by atoms with Crippen molar-refractivity contribution < 1.29 is 12.6 Å². The molecule has 0 fully saturated rings. The van der Waals surface area contributed by atoms with Gasteiger partial charge in [-0.25, -0.2) is 0 Å². The first-order valence-corrected chi connectivity index (χ1v) is 10.4. The van der Waals surface area contributed by atoms with E-state index >= 15 is 0 Å². The maximum Gasteiger partial charge on any atom is 0.339 e. The molecule has 0 atom stereocenters. The molecule has 0 bridgehead atoms. The van der Waals surface area contributed by atoms with Crippen molar-refractivity contribution in [1.82, 2.24) is 0 Å². The minimum Gasteiger partial charge on any atom is -0.377 e. The van der Waals surface area contributed by atoms with Crippen LogP contribution in [-0.2, 0) is 10.1 Å². The fraction of sp³-hybridized carbons (Fsp3) is 0.0526. The molecule has 3 nitrogen and oxygen atoms in total. The third kappa shape index (κ3) is 4.14. The lowest BCUT2D eigenvalue weighted by molar-refractivity contribution is 0.483. The van der Waals surface area contributed by atoms with Gasteiger partial charge in [0.05, 0.1) is 8.95 Å². The first-order valence-electron chi connectivity index (χ1n) is 7.42. The molecule has 25 heavy (non-hydrogen) atoms. The predicted octanol–water partition coefficient (Wildman–Crippen LogP) is 5.95. The highest BCUT2D eigenvalue weighted by Gasteiger charge is 2.20. The molecule has 0 unspecified atom stereocenters. The maximum atomic E-state index is 12.5. The van der Waals surface area contributed by atoms with E-state index in [1.807, 2.05) is 49.4 Å². The van der Waals surface area contributed by atoms with E-state index < -0.39 is 10.1 Å². The van der Waals surface area contributed by atoms with E-state index in [1.54, 1.807) is 12.1 Å². The molecule has 3 rings (SSSR count). The minimum atomic E-state index is -3.91. The Kier molecular flexibility index (Phi) is 5.32. The normalized spacial score (nSPS) is 11.3. The van der Waals surface area contributed by atoms with E-state index in [-0.39, 0.29) is 10.6 Å². The molecule has 3 aromatic carbocycles. The van der Waals surface area contributed by atoms with Crippen molar-refractivity contribution in [2.45, 2.75) is 11.8 Å². The van der Waals surface area contributed by atoms with Crippen molar-refractivity contribution in [3.8, 4) is 16.9 Å². The van der Waals surface area contributed by atoms with Crippen LogP contribution in [0.3, 0.4) is 0 Å². The average Bonchev–Trinajstić information content (AvgIpc) is 2.59. The Morgan fingerprint density at radius 2 is 1.36 bits per heavy atom. The lowest BCUT2D eigenvalue weighted by atomic mass is 10.1. The average molecular weight is 482 g/mol. The van der Waals surface area contributed by atoms with Crippen molar-refractivity contribution in [3.05, 3.63) is 81.2 Å². The molecule has 0 radical (unpaired) electrons. The summed E-state index contributed by atoms with van der Waals surface area (Å²) in [6.45, 7) is 1.90. The molecule has 0 aromatic heterocycles. The van der Waals surface area contributed by atoms with Crippen molar-refractivity contribution in [1.29, 1.82) is 0 Å². The van der Waals surface area contributed by atoms with Crippen LogP contribution >= 0.6 is 31.9 Å². The second-order valence-corrected chi connectivity index (χ2v) is 8.74. The summed E-state index contributed by atoms with van der Waals surface area (Å²) in [5.74, 6) is 0.222. The first kappa shape index (κ1) is 18.2. The van der Waals surface area contributed by atoms with Gasteiger partial charge < -0.3 is 4.18 Å². The SMILES string of the molecule is Cc1ccc(S(=O)(=O)Oc2c(Br)cc(-c3ccccc3)cc2Br)cc1. The van der Waals surface area contributed by atoms with Gasteiger partial charge in [0.15, 0.2) is 5.75 Å². The van der Waals surface area contributed by atoms with E-state index in [2.05, 4.69) is 31.9 Å². The van der Waals surface area contributed by atoms with Crippen LogP contribution in [0.1, 0.15) is 5.56 Å². The van der Waals surface area contributed by atoms with Crippen LogP contribution in [0.25, 0.3) is 11.1 Å². The van der Waals surface area contributed by atoms with Crippen molar-refractivity contribution in [2.75, 3.05) is 0 Å². The number of rotatable bonds is 4. The largest absolute Gasteiger partial charge is 0.377 e. The summed E-state index contributed by atoms with van der Waals surface area (Å²) >= 11 is 6.83. The summed E-state index contributed by atoms with van der Waals surface area (Å²) in [4.78, 5) is 0.115. The van der Waals surface area contributed by atoms with Gasteiger partial charge in [0.25, 0.3) is 0 Å². The third-order valence-corrected chi connectivity index (χ3v) is 6.02. The predicted molar refractivity (Wildman–Crippen MR) is 106 cm³/mol. The third-order valence-electron chi connectivity index (χ3n) is 3.61. The van der Waals surface area contributed by atoms with Gasteiger partial charge in [-0.05, 0) is 74.2 Å². The molecule has 0 heterocycles. The van der Waals surface area contributed by atoms with Gasteiger partial charge in [0, 0.05) is 0 Å². The number of hydrogen-bond acceptors (Lipinski definition) is 3. The molecule has 0 aliphatic carbocycles. The van der Waals surface area contributed by atoms with Gasteiger partial charge in [0.2, 0.25) is 0 Å². The van der Waals surface area contributed by atoms with Gasteiger partial charge in [-0.2, -0.15) is 8.42 Å². The van der Waals surface area contributed by atoms with Crippen molar-refractivity contribution in [3.63, 3.8) is 0 Å². The van der Waals surface area contributed by atoms with Crippen molar-refractivity contribution >= 4 is 42.0 Å². The molecule has 0 amide bonds. The van der Waals surface area contributed by atoms with Gasteiger partial charge in [-0.3, -0.25) is 0 Å². The van der Waals surface area contributed by atoms with Crippen LogP contribution < -0.4 is 4.18 Å². The fourth-order valence-corrected chi connectivity index (χ4v) is 4.83. The number of aryl methyl sites for hydroxylation is 1. The summed E-state index contributed by atoms with van der Waals surface area (Å²) in [5.41, 5.74) is 2.95. The first-order chi connectivity index (χ1) is 11.9. The summed E-state index contributed by atoms with van der Waals surface area (Å²) in [5, 5.41) is 0. The molecular weight excluding hydrogens is 468 g/mol. The van der Waals surface area contributed by atoms with Gasteiger partial charge in [-0.15, -0.1) is 0 Å². The molecule has 0 N–H and O–H groups in total. The summed E-state index contributed by atoms with van der Waals surface area (Å²) in [7, 11) is -3.91. The molecule has 128 valence electrons. The van der Waals surface area contributed by atoms with Crippen LogP contribution in [0.15, 0.2) is 80.6 Å². The van der Waals surface area contributed by atoms with Crippen LogP contribution in [-0.4, -0.2) is 8.42 Å². The standard InChI is InChI=1S/C19H14Br2O3S/c1-13-7-9-16(10-8-13)25(22,23)24-19-17(20)11-15(12-18(19)21)14-5-3-2-4-6-14/h2-12H,1H3. The van der Waals surface area contributed by atoms with Gasteiger partial charge in [0.1, 0.15) is 4.90 Å². The monoisotopic (exact) mass is 480 g/mol. The summed E-state index contributed by atoms with van der Waals surface area (Å²) in [6, 6.07) is 20.0. The molecule has 0 spiro atoms. The quantitative estimate of drug-likeness (QED) is 0.432. The van der Waals surface area contributed by atoms with Crippen molar-refractivity contribution in [2.24, 2.45) is 0 Å². The maximum absolute atomic E-state index is 12.5. The molecular formula is C19H14Br2O3S. The zero-order valence-electron chi connectivity index (χ0n) is 13.2. The van der Waals surface area contributed by atoms with E-state index in [0.717, 1.165) is 16.7 Å². The zero-order valence-corrected chi connectivity index (χ0v) is 17.2. The lowest BCUT2D eigenvalue weighted by Gasteiger charge is -2.12. The summed E-state index contributed by atoms with van der Waals surface area (Å²) in [6.07, 6.45) is 0. The number of hydrogen-bond donors (Lipinski definition) is 0. The smallest absolute Gasteiger partial charge is 0.339 e. The van der Waals surface area contributed by atoms with Crippen LogP contribution in [0.4, 0.5) is 0 Å². The van der Waals surface area contributed by atoms with E-state index in [1.165, 1.54) is 12.1 Å². The molecule has 0 saturated carbocycles. The molecule has 0 aliphatic heterocycles. The summed E-state index contributed by atoms with van der Waals surface area (Å²) < 4.78 is 31.5. The Morgan fingerprint density at radius 3 is 1.92 bits per heavy atom. The second-order valence-electron chi connectivity index (χ2n) is 5.49. The highest BCUT2D eigenvalue weighted by molar-refractivity contribution is 9.11. The topological polar surface area (TPSA) is 43.4 Å². The minimum absolute atomic E-state index is 0.115. The molecule has 0 aliphatic rings. The van der Waals surface area contributed by atoms with Crippen LogP contribution in [0, 0.1) is 6.92 Å². The van der Waals surface area contributed by atoms with Crippen LogP contribution in [0.5, 0.6) is 5.75 Å². The Labute approximate surface area is 164 Å². The fourth-order valence-electron chi connectivity index (χ4n) is 2.30. The molecule has 0 saturated heterocycles. The number of halogens is 2. The Hall–Kier alpha value is -1.63. The van der Waals surface area contributed by atoms with E-state index in [4.69, 9.17) is 4.18 Å². The Bertz CT molecular complexity index is 976. The Balaban J connectivity index is 1.97. The molecule has 6 heteroatoms.